The van der Waals surface area contributed by atoms with Crippen molar-refractivity contribution in [3.05, 3.63) is 11.6 Å². The van der Waals surface area contributed by atoms with Gasteiger partial charge in [0.15, 0.2) is 0 Å². The maximum Gasteiger partial charge on any atom is 0.330 e. The summed E-state index contributed by atoms with van der Waals surface area (Å²) in [5, 5.41) is 11.5. The number of hydrogen-bond donors (Lipinski definition) is 2. The van der Waals surface area contributed by atoms with Crippen molar-refractivity contribution in [3.63, 3.8) is 0 Å². The monoisotopic (exact) mass is 187 g/mol. The molecule has 0 aromatic rings. The third-order valence-corrected chi connectivity index (χ3v) is 1.52. The fourth-order valence-corrected chi connectivity index (χ4v) is 0.703. The Labute approximate surface area is 78.6 Å². The van der Waals surface area contributed by atoms with Crippen LogP contribution in [0.4, 0.5) is 0 Å². The van der Waals surface area contributed by atoms with E-state index in [9.17, 15) is 4.79 Å². The van der Waals surface area contributed by atoms with Gasteiger partial charge in [0, 0.05) is 25.3 Å². The van der Waals surface area contributed by atoms with Crippen molar-refractivity contribution in [2.75, 3.05) is 26.3 Å². The van der Waals surface area contributed by atoms with Crippen LogP contribution in [0.5, 0.6) is 0 Å². The van der Waals surface area contributed by atoms with Gasteiger partial charge in [0.2, 0.25) is 0 Å². The second-order valence-electron chi connectivity index (χ2n) is 2.59. The van der Waals surface area contributed by atoms with Gasteiger partial charge in [0.25, 0.3) is 0 Å². The van der Waals surface area contributed by atoms with Crippen LogP contribution in [0.3, 0.4) is 0 Å². The van der Waals surface area contributed by atoms with Crippen LogP contribution in [0.1, 0.15) is 13.8 Å². The van der Waals surface area contributed by atoms with Crippen LogP contribution in [0.15, 0.2) is 11.6 Å². The first-order valence-corrected chi connectivity index (χ1v) is 4.37. The highest BCUT2D eigenvalue weighted by molar-refractivity contribution is 5.85. The summed E-state index contributed by atoms with van der Waals surface area (Å²) in [6, 6.07) is 0. The molecule has 2 N–H and O–H groups in total. The lowest BCUT2D eigenvalue weighted by atomic mass is 10.3. The van der Waals surface area contributed by atoms with Gasteiger partial charge in [-0.25, -0.2) is 4.79 Å². The summed E-state index contributed by atoms with van der Waals surface area (Å²) in [5.41, 5.74) is 0.365. The van der Waals surface area contributed by atoms with Crippen molar-refractivity contribution in [1.29, 1.82) is 0 Å². The maximum atomic E-state index is 10.3. The Hall–Kier alpha value is -0.870. The van der Waals surface area contributed by atoms with Crippen LogP contribution in [0, 0.1) is 0 Å². The van der Waals surface area contributed by atoms with E-state index >= 15 is 0 Å². The van der Waals surface area contributed by atoms with Crippen LogP contribution in [-0.2, 0) is 9.53 Å². The molecule has 0 aliphatic carbocycles. The molecule has 0 bridgehead atoms. The first-order valence-electron chi connectivity index (χ1n) is 4.37. The van der Waals surface area contributed by atoms with E-state index in [1.807, 2.05) is 6.92 Å². The van der Waals surface area contributed by atoms with Gasteiger partial charge < -0.3 is 15.2 Å². The lowest BCUT2D eigenvalue weighted by Gasteiger charge is -2.01. The Balaban J connectivity index is 3.34. The van der Waals surface area contributed by atoms with Gasteiger partial charge in [-0.1, -0.05) is 6.08 Å². The lowest BCUT2D eigenvalue weighted by molar-refractivity contribution is -0.132. The highest BCUT2D eigenvalue weighted by Crippen LogP contribution is 1.89. The minimum atomic E-state index is -0.869. The van der Waals surface area contributed by atoms with Crippen molar-refractivity contribution in [2.45, 2.75) is 13.8 Å². The van der Waals surface area contributed by atoms with Crippen molar-refractivity contribution in [3.8, 4) is 0 Å². The molecule has 0 saturated heterocycles. The van der Waals surface area contributed by atoms with Gasteiger partial charge >= 0.3 is 5.97 Å². The van der Waals surface area contributed by atoms with E-state index in [0.29, 0.717) is 25.3 Å². The quantitative estimate of drug-likeness (QED) is 0.453. The average molecular weight is 187 g/mol. The van der Waals surface area contributed by atoms with Gasteiger partial charge in [0.05, 0.1) is 6.61 Å². The average Bonchev–Trinajstić information content (AvgIpc) is 2.10. The predicted octanol–water partition coefficient (Wildman–Crippen LogP) is 0.643. The van der Waals surface area contributed by atoms with Crippen LogP contribution in [-0.4, -0.2) is 37.4 Å². The third kappa shape index (κ3) is 7.49. The molecule has 13 heavy (non-hydrogen) atoms. The molecular weight excluding hydrogens is 170 g/mol. The summed E-state index contributed by atoms with van der Waals surface area (Å²) in [7, 11) is 0. The summed E-state index contributed by atoms with van der Waals surface area (Å²) in [6.45, 7) is 6.21. The molecule has 0 unspecified atom stereocenters. The number of carboxylic acids is 1. The number of rotatable bonds is 7. The van der Waals surface area contributed by atoms with Crippen LogP contribution < -0.4 is 5.32 Å². The van der Waals surface area contributed by atoms with Crippen molar-refractivity contribution in [2.24, 2.45) is 0 Å². The number of ether oxygens (including phenoxy) is 1. The molecule has 0 fully saturated rings. The Kier molecular flexibility index (Phi) is 7.24. The fraction of sp³-hybridized carbons (Fsp3) is 0.667. The first-order chi connectivity index (χ1) is 6.18. The fourth-order valence-electron chi connectivity index (χ4n) is 0.703. The van der Waals surface area contributed by atoms with Crippen LogP contribution >= 0.6 is 0 Å². The molecule has 0 spiro atoms. The molecule has 0 saturated carbocycles. The zero-order valence-corrected chi connectivity index (χ0v) is 8.17. The van der Waals surface area contributed by atoms with Gasteiger partial charge in [0.1, 0.15) is 0 Å². The Morgan fingerprint density at radius 2 is 2.31 bits per heavy atom. The van der Waals surface area contributed by atoms with Crippen molar-refractivity contribution < 1.29 is 14.6 Å². The van der Waals surface area contributed by atoms with E-state index < -0.39 is 5.97 Å². The molecular formula is C9H17NO3. The summed E-state index contributed by atoms with van der Waals surface area (Å²) in [4.78, 5) is 10.3. The zero-order chi connectivity index (χ0) is 10.1. The van der Waals surface area contributed by atoms with Crippen LogP contribution in [0.2, 0.25) is 0 Å². The molecule has 0 rings (SSSR count). The Morgan fingerprint density at radius 1 is 1.62 bits per heavy atom. The van der Waals surface area contributed by atoms with Crippen molar-refractivity contribution >= 4 is 5.97 Å². The number of nitrogens with one attached hydrogen (secondary N) is 1. The molecule has 0 aliphatic heterocycles. The Bertz CT molecular complexity index is 178. The topological polar surface area (TPSA) is 58.6 Å². The molecule has 0 radical (unpaired) electrons. The van der Waals surface area contributed by atoms with E-state index in [2.05, 4.69) is 5.32 Å². The summed E-state index contributed by atoms with van der Waals surface area (Å²) in [6.07, 6.45) is 1.65. The van der Waals surface area contributed by atoms with Gasteiger partial charge in [-0.2, -0.15) is 0 Å². The lowest BCUT2D eigenvalue weighted by Crippen LogP contribution is -2.20. The SMILES string of the molecule is CCOCCNC/C=C(/C)C(=O)O. The number of hydrogen-bond acceptors (Lipinski definition) is 3. The van der Waals surface area contributed by atoms with Gasteiger partial charge in [-0.15, -0.1) is 0 Å². The molecule has 4 heteroatoms. The van der Waals surface area contributed by atoms with Gasteiger partial charge in [-0.3, -0.25) is 0 Å². The largest absolute Gasteiger partial charge is 0.478 e. The highest BCUT2D eigenvalue weighted by atomic mass is 16.5. The minimum absolute atomic E-state index is 0.365. The summed E-state index contributed by atoms with van der Waals surface area (Å²) < 4.78 is 5.09. The molecule has 0 heterocycles. The van der Waals surface area contributed by atoms with E-state index in [-0.39, 0.29) is 0 Å². The predicted molar refractivity (Wildman–Crippen MR) is 50.8 cm³/mol. The molecule has 0 atom stereocenters. The van der Waals surface area contributed by atoms with E-state index in [4.69, 9.17) is 9.84 Å². The number of carboxylic acid groups (broad SMARTS) is 1. The van der Waals surface area contributed by atoms with Crippen LogP contribution in [0.25, 0.3) is 0 Å². The molecule has 0 amide bonds. The third-order valence-electron chi connectivity index (χ3n) is 1.52. The highest BCUT2D eigenvalue weighted by Gasteiger charge is 1.96. The molecule has 4 nitrogen and oxygen atoms in total. The smallest absolute Gasteiger partial charge is 0.330 e. The molecule has 0 aromatic carbocycles. The number of carbonyl (C=O) groups is 1. The molecule has 76 valence electrons. The molecule has 0 aromatic heterocycles. The van der Waals surface area contributed by atoms with Gasteiger partial charge in [-0.05, 0) is 13.8 Å². The van der Waals surface area contributed by atoms with E-state index in [0.717, 1.165) is 6.54 Å². The van der Waals surface area contributed by atoms with Crippen molar-refractivity contribution in [1.82, 2.24) is 5.32 Å². The maximum absolute atomic E-state index is 10.3. The second kappa shape index (κ2) is 7.76. The van der Waals surface area contributed by atoms with E-state index in [1.165, 1.54) is 0 Å². The number of aliphatic carboxylic acids is 1. The zero-order valence-electron chi connectivity index (χ0n) is 8.17. The Morgan fingerprint density at radius 3 is 2.85 bits per heavy atom. The second-order valence-corrected chi connectivity index (χ2v) is 2.59. The van der Waals surface area contributed by atoms with E-state index in [1.54, 1.807) is 13.0 Å². The standard InChI is InChI=1S/C9H17NO3/c1-3-13-7-6-10-5-4-8(2)9(11)12/h4,10H,3,5-7H2,1-2H3,(H,11,12)/b8-4-. The molecule has 0 aliphatic rings. The normalized spacial score (nSPS) is 11.7. The summed E-state index contributed by atoms with van der Waals surface area (Å²) in [5.74, 6) is -0.869. The summed E-state index contributed by atoms with van der Waals surface area (Å²) >= 11 is 0. The first kappa shape index (κ1) is 12.1. The minimum Gasteiger partial charge on any atom is -0.478 e.